The molecular formula is C13H20N4O2. The molecule has 0 unspecified atom stereocenters. The summed E-state index contributed by atoms with van der Waals surface area (Å²) in [6.45, 7) is 3.44. The van der Waals surface area contributed by atoms with Crippen molar-refractivity contribution in [3.05, 3.63) is 18.2 Å². The van der Waals surface area contributed by atoms with Crippen LogP contribution in [0.1, 0.15) is 25.6 Å². The first-order valence-electron chi connectivity index (χ1n) is 6.56. The van der Waals surface area contributed by atoms with Crippen LogP contribution in [0.2, 0.25) is 0 Å². The van der Waals surface area contributed by atoms with Crippen molar-refractivity contribution in [2.45, 2.75) is 26.3 Å². The Bertz CT molecular complexity index is 436. The largest absolute Gasteiger partial charge is 0.347 e. The van der Waals surface area contributed by atoms with Gasteiger partial charge in [-0.2, -0.15) is 0 Å². The first-order valence-corrected chi connectivity index (χ1v) is 6.56. The number of likely N-dealkylation sites (tertiary alicyclic amines) is 1. The van der Waals surface area contributed by atoms with Gasteiger partial charge in [0.15, 0.2) is 0 Å². The van der Waals surface area contributed by atoms with Gasteiger partial charge in [-0.3, -0.25) is 9.59 Å². The first-order chi connectivity index (χ1) is 9.08. The minimum atomic E-state index is 0.0237. The number of hydrogen-bond donors (Lipinski definition) is 1. The molecule has 0 bridgehead atoms. The van der Waals surface area contributed by atoms with Crippen LogP contribution in [0.5, 0.6) is 0 Å². The third-order valence-electron chi connectivity index (χ3n) is 3.61. The monoisotopic (exact) mass is 264 g/mol. The van der Waals surface area contributed by atoms with Gasteiger partial charge < -0.3 is 14.8 Å². The molecule has 1 saturated heterocycles. The van der Waals surface area contributed by atoms with Gasteiger partial charge in [0.1, 0.15) is 5.82 Å². The maximum Gasteiger partial charge on any atom is 0.225 e. The van der Waals surface area contributed by atoms with Crippen LogP contribution in [0.4, 0.5) is 0 Å². The summed E-state index contributed by atoms with van der Waals surface area (Å²) in [6, 6.07) is 0. The molecule has 0 spiro atoms. The maximum atomic E-state index is 12.3. The van der Waals surface area contributed by atoms with Crippen molar-refractivity contribution >= 4 is 11.8 Å². The summed E-state index contributed by atoms with van der Waals surface area (Å²) in [5.74, 6) is 1.04. The van der Waals surface area contributed by atoms with Crippen LogP contribution in [0.15, 0.2) is 12.4 Å². The van der Waals surface area contributed by atoms with Crippen molar-refractivity contribution in [2.24, 2.45) is 5.92 Å². The highest BCUT2D eigenvalue weighted by Crippen LogP contribution is 2.19. The van der Waals surface area contributed by atoms with Crippen molar-refractivity contribution in [1.82, 2.24) is 19.8 Å². The average Bonchev–Trinajstić information content (AvgIpc) is 2.90. The third-order valence-corrected chi connectivity index (χ3v) is 3.61. The zero-order chi connectivity index (χ0) is 13.8. The summed E-state index contributed by atoms with van der Waals surface area (Å²) in [4.78, 5) is 34.1. The lowest BCUT2D eigenvalue weighted by molar-refractivity contribution is -0.139. The van der Waals surface area contributed by atoms with E-state index in [0.29, 0.717) is 19.6 Å². The van der Waals surface area contributed by atoms with Gasteiger partial charge in [-0.1, -0.05) is 0 Å². The molecule has 6 nitrogen and oxygen atoms in total. The number of rotatable bonds is 3. The minimum absolute atomic E-state index is 0.0237. The number of amides is 2. The topological polar surface area (TPSA) is 69.3 Å². The molecule has 19 heavy (non-hydrogen) atoms. The van der Waals surface area contributed by atoms with E-state index in [1.807, 2.05) is 0 Å². The molecule has 2 amide bonds. The number of aromatic amines is 1. The first kappa shape index (κ1) is 13.6. The van der Waals surface area contributed by atoms with Crippen LogP contribution in [0, 0.1) is 5.92 Å². The summed E-state index contributed by atoms with van der Waals surface area (Å²) < 4.78 is 0. The quantitative estimate of drug-likeness (QED) is 0.870. The number of carbonyl (C=O) groups excluding carboxylic acids is 2. The number of carbonyl (C=O) groups is 2. The molecule has 104 valence electrons. The highest BCUT2D eigenvalue weighted by Gasteiger charge is 2.28. The second-order valence-electron chi connectivity index (χ2n) is 5.01. The molecule has 0 aromatic carbocycles. The van der Waals surface area contributed by atoms with Crippen LogP contribution >= 0.6 is 0 Å². The predicted octanol–water partition coefficient (Wildman–Crippen LogP) is 0.627. The van der Waals surface area contributed by atoms with Crippen LogP contribution in [0.25, 0.3) is 0 Å². The van der Waals surface area contributed by atoms with E-state index < -0.39 is 0 Å². The molecule has 1 N–H and O–H groups in total. The number of nitrogens with one attached hydrogen (secondary N) is 1. The Kier molecular flexibility index (Phi) is 4.19. The second kappa shape index (κ2) is 5.86. The van der Waals surface area contributed by atoms with Crippen molar-refractivity contribution in [3.8, 4) is 0 Å². The Hall–Kier alpha value is -1.85. The fourth-order valence-electron chi connectivity index (χ4n) is 2.44. The van der Waals surface area contributed by atoms with Crippen molar-refractivity contribution in [2.75, 3.05) is 20.1 Å². The van der Waals surface area contributed by atoms with Gasteiger partial charge in [0.05, 0.1) is 6.54 Å². The van der Waals surface area contributed by atoms with E-state index in [4.69, 9.17) is 0 Å². The summed E-state index contributed by atoms with van der Waals surface area (Å²) in [7, 11) is 1.79. The molecule has 1 fully saturated rings. The van der Waals surface area contributed by atoms with Crippen LogP contribution in [-0.4, -0.2) is 51.7 Å². The Morgan fingerprint density at radius 1 is 1.47 bits per heavy atom. The molecule has 1 aromatic heterocycles. The fourth-order valence-corrected chi connectivity index (χ4v) is 2.44. The Balaban J connectivity index is 1.85. The standard InChI is InChI=1S/C13H20N4O2/c1-10(18)17-7-3-11(4-8-17)13(19)16(2)9-12-14-5-6-15-12/h5-6,11H,3-4,7-9H2,1-2H3,(H,14,15). The van der Waals surface area contributed by atoms with Crippen molar-refractivity contribution in [1.29, 1.82) is 0 Å². The highest BCUT2D eigenvalue weighted by atomic mass is 16.2. The third kappa shape index (κ3) is 3.33. The maximum absolute atomic E-state index is 12.3. The van der Waals surface area contributed by atoms with Gasteiger partial charge in [0, 0.05) is 45.4 Å². The minimum Gasteiger partial charge on any atom is -0.347 e. The molecule has 0 radical (unpaired) electrons. The van der Waals surface area contributed by atoms with Crippen LogP contribution in [-0.2, 0) is 16.1 Å². The SMILES string of the molecule is CC(=O)N1CCC(C(=O)N(C)Cc2ncc[nH]2)CC1. The molecule has 2 rings (SSSR count). The molecule has 1 aliphatic rings. The fraction of sp³-hybridized carbons (Fsp3) is 0.615. The molecule has 0 saturated carbocycles. The lowest BCUT2D eigenvalue weighted by atomic mass is 9.95. The molecule has 0 aliphatic carbocycles. The van der Waals surface area contributed by atoms with Crippen LogP contribution in [0.3, 0.4) is 0 Å². The summed E-state index contributed by atoms with van der Waals surface area (Å²) in [6.07, 6.45) is 4.93. The summed E-state index contributed by atoms with van der Waals surface area (Å²) in [5, 5.41) is 0. The predicted molar refractivity (Wildman–Crippen MR) is 70.0 cm³/mol. The highest BCUT2D eigenvalue weighted by molar-refractivity contribution is 5.79. The number of hydrogen-bond acceptors (Lipinski definition) is 3. The van der Waals surface area contributed by atoms with E-state index in [1.165, 1.54) is 0 Å². The summed E-state index contributed by atoms with van der Waals surface area (Å²) in [5.41, 5.74) is 0. The number of imidazole rings is 1. The summed E-state index contributed by atoms with van der Waals surface area (Å²) >= 11 is 0. The lowest BCUT2D eigenvalue weighted by Crippen LogP contribution is -2.42. The van der Waals surface area contributed by atoms with Gasteiger partial charge in [0.2, 0.25) is 11.8 Å². The van der Waals surface area contributed by atoms with E-state index in [9.17, 15) is 9.59 Å². The zero-order valence-electron chi connectivity index (χ0n) is 11.4. The smallest absolute Gasteiger partial charge is 0.225 e. The van der Waals surface area contributed by atoms with Crippen molar-refractivity contribution < 1.29 is 9.59 Å². The van der Waals surface area contributed by atoms with Gasteiger partial charge in [-0.15, -0.1) is 0 Å². The van der Waals surface area contributed by atoms with Gasteiger partial charge in [0.25, 0.3) is 0 Å². The van der Waals surface area contributed by atoms with E-state index in [-0.39, 0.29) is 17.7 Å². The second-order valence-corrected chi connectivity index (χ2v) is 5.01. The average molecular weight is 264 g/mol. The Morgan fingerprint density at radius 2 is 2.16 bits per heavy atom. The number of H-pyrrole nitrogens is 1. The molecule has 1 aromatic rings. The lowest BCUT2D eigenvalue weighted by Gasteiger charge is -2.32. The van der Waals surface area contributed by atoms with E-state index in [1.54, 1.807) is 36.2 Å². The zero-order valence-corrected chi connectivity index (χ0v) is 11.4. The van der Waals surface area contributed by atoms with Gasteiger partial charge in [-0.05, 0) is 12.8 Å². The van der Waals surface area contributed by atoms with E-state index >= 15 is 0 Å². The molecule has 2 heterocycles. The van der Waals surface area contributed by atoms with Gasteiger partial charge in [-0.25, -0.2) is 4.98 Å². The number of piperidine rings is 1. The molecular weight excluding hydrogens is 244 g/mol. The number of nitrogens with zero attached hydrogens (tertiary/aromatic N) is 3. The van der Waals surface area contributed by atoms with E-state index in [0.717, 1.165) is 18.7 Å². The number of aromatic nitrogens is 2. The Labute approximate surface area is 112 Å². The Morgan fingerprint density at radius 3 is 2.68 bits per heavy atom. The normalized spacial score (nSPS) is 16.4. The molecule has 6 heteroatoms. The van der Waals surface area contributed by atoms with Crippen molar-refractivity contribution in [3.63, 3.8) is 0 Å². The van der Waals surface area contributed by atoms with Gasteiger partial charge >= 0.3 is 0 Å². The molecule has 1 aliphatic heterocycles. The van der Waals surface area contributed by atoms with E-state index in [2.05, 4.69) is 9.97 Å². The van der Waals surface area contributed by atoms with Crippen LogP contribution < -0.4 is 0 Å². The molecule has 0 atom stereocenters.